The molecule has 22 heavy (non-hydrogen) atoms. The SMILES string of the molecule is O=C(C1COc2ccccc2O1)N1CCCCC1C(F)(F)F. The van der Waals surface area contributed by atoms with Gasteiger partial charge in [0.1, 0.15) is 12.6 Å². The number of hydrogen-bond donors (Lipinski definition) is 0. The molecular weight excluding hydrogens is 299 g/mol. The molecule has 2 aliphatic heterocycles. The molecule has 4 nitrogen and oxygen atoms in total. The molecule has 0 aromatic heterocycles. The molecule has 2 heterocycles. The Morgan fingerprint density at radius 1 is 1.18 bits per heavy atom. The third-order valence-corrected chi connectivity index (χ3v) is 3.95. The highest BCUT2D eigenvalue weighted by Crippen LogP contribution is 2.35. The van der Waals surface area contributed by atoms with Gasteiger partial charge in [0.05, 0.1) is 0 Å². The van der Waals surface area contributed by atoms with Gasteiger partial charge in [0.25, 0.3) is 5.91 Å². The molecule has 2 unspecified atom stereocenters. The normalized spacial score (nSPS) is 25.0. The summed E-state index contributed by atoms with van der Waals surface area (Å²) in [6, 6.07) is 5.07. The number of piperidine rings is 1. The fourth-order valence-corrected chi connectivity index (χ4v) is 2.86. The van der Waals surface area contributed by atoms with Crippen molar-refractivity contribution in [1.29, 1.82) is 0 Å². The van der Waals surface area contributed by atoms with E-state index in [0.717, 1.165) is 4.90 Å². The highest BCUT2D eigenvalue weighted by atomic mass is 19.4. The molecule has 0 radical (unpaired) electrons. The second-order valence-electron chi connectivity index (χ2n) is 5.45. The number of carbonyl (C=O) groups is 1. The van der Waals surface area contributed by atoms with Crippen LogP contribution >= 0.6 is 0 Å². The maximum Gasteiger partial charge on any atom is 0.408 e. The van der Waals surface area contributed by atoms with Gasteiger partial charge in [-0.05, 0) is 31.4 Å². The summed E-state index contributed by atoms with van der Waals surface area (Å²) in [5, 5.41) is 0. The van der Waals surface area contributed by atoms with E-state index in [-0.39, 0.29) is 19.6 Å². The number of para-hydroxylation sites is 2. The minimum atomic E-state index is -4.41. The van der Waals surface area contributed by atoms with E-state index in [1.54, 1.807) is 24.3 Å². The van der Waals surface area contributed by atoms with Crippen LogP contribution < -0.4 is 9.47 Å². The van der Waals surface area contributed by atoms with Crippen LogP contribution in [0.3, 0.4) is 0 Å². The predicted octanol–water partition coefficient (Wildman–Crippen LogP) is 2.77. The zero-order chi connectivity index (χ0) is 15.7. The van der Waals surface area contributed by atoms with Crippen LogP contribution in [-0.2, 0) is 4.79 Å². The van der Waals surface area contributed by atoms with Crippen molar-refractivity contribution in [2.24, 2.45) is 0 Å². The second kappa shape index (κ2) is 5.70. The fourth-order valence-electron chi connectivity index (χ4n) is 2.86. The number of benzene rings is 1. The molecule has 7 heteroatoms. The molecule has 120 valence electrons. The molecule has 1 saturated heterocycles. The van der Waals surface area contributed by atoms with E-state index in [1.165, 1.54) is 0 Å². The summed E-state index contributed by atoms with van der Waals surface area (Å²) in [6.45, 7) is 0.0292. The molecule has 0 N–H and O–H groups in total. The first-order valence-corrected chi connectivity index (χ1v) is 7.22. The lowest BCUT2D eigenvalue weighted by molar-refractivity contribution is -0.199. The molecule has 2 atom stereocenters. The molecule has 0 spiro atoms. The van der Waals surface area contributed by atoms with E-state index in [0.29, 0.717) is 24.3 Å². The van der Waals surface area contributed by atoms with Gasteiger partial charge in [-0.1, -0.05) is 12.1 Å². The minimum Gasteiger partial charge on any atom is -0.485 e. The van der Waals surface area contributed by atoms with Gasteiger partial charge in [-0.2, -0.15) is 13.2 Å². The Morgan fingerprint density at radius 3 is 2.64 bits per heavy atom. The number of amides is 1. The van der Waals surface area contributed by atoms with Crippen molar-refractivity contribution in [2.75, 3.05) is 13.2 Å². The lowest BCUT2D eigenvalue weighted by Crippen LogP contribution is -2.56. The first-order valence-electron chi connectivity index (χ1n) is 7.22. The number of likely N-dealkylation sites (tertiary alicyclic amines) is 1. The number of nitrogens with zero attached hydrogens (tertiary/aromatic N) is 1. The van der Waals surface area contributed by atoms with Gasteiger partial charge in [0.15, 0.2) is 11.5 Å². The molecule has 1 amide bonds. The van der Waals surface area contributed by atoms with E-state index in [1.807, 2.05) is 0 Å². The summed E-state index contributed by atoms with van der Waals surface area (Å²) in [6.07, 6.45) is -4.46. The van der Waals surface area contributed by atoms with Gasteiger partial charge in [-0.25, -0.2) is 0 Å². The highest BCUT2D eigenvalue weighted by molar-refractivity contribution is 5.82. The molecule has 3 rings (SSSR count). The Labute approximate surface area is 125 Å². The van der Waals surface area contributed by atoms with Crippen LogP contribution in [0.1, 0.15) is 19.3 Å². The highest BCUT2D eigenvalue weighted by Gasteiger charge is 2.48. The first kappa shape index (κ1) is 15.0. The average molecular weight is 315 g/mol. The van der Waals surface area contributed by atoms with Crippen LogP contribution in [0.4, 0.5) is 13.2 Å². The molecular formula is C15H16F3NO3. The van der Waals surface area contributed by atoms with E-state index < -0.39 is 24.2 Å². The minimum absolute atomic E-state index is 0.0561. The topological polar surface area (TPSA) is 38.8 Å². The summed E-state index contributed by atoms with van der Waals surface area (Å²) in [5.41, 5.74) is 0. The van der Waals surface area contributed by atoms with E-state index in [9.17, 15) is 18.0 Å². The summed E-state index contributed by atoms with van der Waals surface area (Å²) in [5.74, 6) is 0.224. The van der Waals surface area contributed by atoms with Gasteiger partial charge in [-0.3, -0.25) is 4.79 Å². The van der Waals surface area contributed by atoms with Crippen molar-refractivity contribution in [3.63, 3.8) is 0 Å². The Kier molecular flexibility index (Phi) is 3.88. The van der Waals surface area contributed by atoms with Crippen molar-refractivity contribution >= 4 is 5.91 Å². The van der Waals surface area contributed by atoms with E-state index >= 15 is 0 Å². The number of carbonyl (C=O) groups excluding carboxylic acids is 1. The van der Waals surface area contributed by atoms with Crippen molar-refractivity contribution < 1.29 is 27.4 Å². The van der Waals surface area contributed by atoms with Crippen LogP contribution in [0.2, 0.25) is 0 Å². The lowest BCUT2D eigenvalue weighted by Gasteiger charge is -2.39. The Morgan fingerprint density at radius 2 is 1.91 bits per heavy atom. The summed E-state index contributed by atoms with van der Waals surface area (Å²) in [7, 11) is 0. The number of fused-ring (bicyclic) bond motifs is 1. The molecule has 1 fully saturated rings. The monoisotopic (exact) mass is 315 g/mol. The van der Waals surface area contributed by atoms with Gasteiger partial charge in [0.2, 0.25) is 6.10 Å². The Hall–Kier alpha value is -1.92. The number of alkyl halides is 3. The molecule has 1 aromatic rings. The third-order valence-electron chi connectivity index (χ3n) is 3.95. The quantitative estimate of drug-likeness (QED) is 0.800. The van der Waals surface area contributed by atoms with Crippen molar-refractivity contribution in [3.05, 3.63) is 24.3 Å². The standard InChI is InChI=1S/C15H16F3NO3/c16-15(17,18)13-7-3-4-8-19(13)14(20)12-9-21-10-5-1-2-6-11(10)22-12/h1-2,5-6,12-13H,3-4,7-9H2. The van der Waals surface area contributed by atoms with Gasteiger partial charge in [0, 0.05) is 6.54 Å². The molecule has 2 aliphatic rings. The van der Waals surface area contributed by atoms with Gasteiger partial charge < -0.3 is 14.4 Å². The lowest BCUT2D eigenvalue weighted by atomic mass is 10.0. The summed E-state index contributed by atoms with van der Waals surface area (Å²) < 4.78 is 50.2. The van der Waals surface area contributed by atoms with E-state index in [2.05, 4.69) is 0 Å². The van der Waals surface area contributed by atoms with E-state index in [4.69, 9.17) is 9.47 Å². The first-order chi connectivity index (χ1) is 10.5. The molecule has 1 aromatic carbocycles. The summed E-state index contributed by atoms with van der Waals surface area (Å²) >= 11 is 0. The predicted molar refractivity (Wildman–Crippen MR) is 71.8 cm³/mol. The number of hydrogen-bond acceptors (Lipinski definition) is 3. The molecule has 0 bridgehead atoms. The maximum atomic E-state index is 13.1. The van der Waals surface area contributed by atoms with Gasteiger partial charge >= 0.3 is 6.18 Å². The number of halogens is 3. The van der Waals surface area contributed by atoms with Crippen LogP contribution in [0, 0.1) is 0 Å². The van der Waals surface area contributed by atoms with Crippen molar-refractivity contribution in [1.82, 2.24) is 4.90 Å². The maximum absolute atomic E-state index is 13.1. The fraction of sp³-hybridized carbons (Fsp3) is 0.533. The van der Waals surface area contributed by atoms with Crippen LogP contribution in [0.15, 0.2) is 24.3 Å². The van der Waals surface area contributed by atoms with Crippen LogP contribution in [0.5, 0.6) is 11.5 Å². The zero-order valence-corrected chi connectivity index (χ0v) is 11.8. The van der Waals surface area contributed by atoms with Crippen LogP contribution in [0.25, 0.3) is 0 Å². The van der Waals surface area contributed by atoms with Crippen molar-refractivity contribution in [2.45, 2.75) is 37.6 Å². The van der Waals surface area contributed by atoms with Gasteiger partial charge in [-0.15, -0.1) is 0 Å². The third kappa shape index (κ3) is 2.84. The second-order valence-corrected chi connectivity index (χ2v) is 5.45. The number of ether oxygens (including phenoxy) is 2. The van der Waals surface area contributed by atoms with Crippen molar-refractivity contribution in [3.8, 4) is 11.5 Å². The Balaban J connectivity index is 1.76. The largest absolute Gasteiger partial charge is 0.485 e. The smallest absolute Gasteiger partial charge is 0.408 e. The van der Waals surface area contributed by atoms with Crippen LogP contribution in [-0.4, -0.2) is 42.3 Å². The Bertz CT molecular complexity index is 561. The molecule has 0 saturated carbocycles. The molecule has 0 aliphatic carbocycles. The summed E-state index contributed by atoms with van der Waals surface area (Å²) in [4.78, 5) is 13.3. The average Bonchev–Trinajstić information content (AvgIpc) is 2.53. The zero-order valence-electron chi connectivity index (χ0n) is 11.8. The number of rotatable bonds is 1.